The van der Waals surface area contributed by atoms with Crippen LogP contribution in [0.3, 0.4) is 0 Å². The lowest BCUT2D eigenvalue weighted by atomic mass is 9.96. The first-order chi connectivity index (χ1) is 6.19. The van der Waals surface area contributed by atoms with Crippen LogP contribution in [0.1, 0.15) is 19.8 Å². The number of methoxy groups -OCH3 is 1. The highest BCUT2D eigenvalue weighted by Crippen LogP contribution is 2.24. The van der Waals surface area contributed by atoms with Gasteiger partial charge in [0.1, 0.15) is 5.76 Å². The Morgan fingerprint density at radius 3 is 2.85 bits per heavy atom. The number of rotatable bonds is 3. The van der Waals surface area contributed by atoms with Crippen LogP contribution in [0.15, 0.2) is 23.0 Å². The molecule has 0 saturated carbocycles. The SMILES string of the molecule is COC1=C(C(=N)CS)C=C(C)CC1. The molecule has 0 radical (unpaired) electrons. The molecule has 2 nitrogen and oxygen atoms in total. The summed E-state index contributed by atoms with van der Waals surface area (Å²) in [6.45, 7) is 2.08. The van der Waals surface area contributed by atoms with E-state index in [1.807, 2.05) is 6.08 Å². The molecule has 0 saturated heterocycles. The predicted molar refractivity (Wildman–Crippen MR) is 58.6 cm³/mol. The summed E-state index contributed by atoms with van der Waals surface area (Å²) in [7, 11) is 1.66. The smallest absolute Gasteiger partial charge is 0.105 e. The number of hydrogen-bond donors (Lipinski definition) is 2. The van der Waals surface area contributed by atoms with Crippen LogP contribution in [0.2, 0.25) is 0 Å². The van der Waals surface area contributed by atoms with Gasteiger partial charge in [0.25, 0.3) is 0 Å². The topological polar surface area (TPSA) is 33.1 Å². The van der Waals surface area contributed by atoms with Crippen LogP contribution in [-0.2, 0) is 4.74 Å². The van der Waals surface area contributed by atoms with Gasteiger partial charge in [-0.2, -0.15) is 12.6 Å². The highest BCUT2D eigenvalue weighted by atomic mass is 32.1. The Labute approximate surface area is 84.6 Å². The van der Waals surface area contributed by atoms with E-state index in [-0.39, 0.29) is 0 Å². The predicted octanol–water partition coefficient (Wildman–Crippen LogP) is 2.58. The number of allylic oxidation sites excluding steroid dienone is 4. The van der Waals surface area contributed by atoms with E-state index < -0.39 is 0 Å². The molecule has 1 aliphatic carbocycles. The van der Waals surface area contributed by atoms with Crippen molar-refractivity contribution in [3.05, 3.63) is 23.0 Å². The van der Waals surface area contributed by atoms with Crippen molar-refractivity contribution in [2.45, 2.75) is 19.8 Å². The minimum absolute atomic E-state index is 0.464. The van der Waals surface area contributed by atoms with E-state index in [2.05, 4.69) is 19.6 Å². The van der Waals surface area contributed by atoms with Gasteiger partial charge in [-0.1, -0.05) is 11.6 Å². The molecule has 0 spiro atoms. The Kier molecular flexibility index (Phi) is 3.60. The third-order valence-corrected chi connectivity index (χ3v) is 2.48. The van der Waals surface area contributed by atoms with Gasteiger partial charge in [0.05, 0.1) is 12.8 Å². The van der Waals surface area contributed by atoms with Crippen molar-refractivity contribution in [2.75, 3.05) is 12.9 Å². The third kappa shape index (κ3) is 2.37. The van der Waals surface area contributed by atoms with Gasteiger partial charge in [0.2, 0.25) is 0 Å². The zero-order valence-corrected chi connectivity index (χ0v) is 8.95. The molecule has 0 atom stereocenters. The Bertz CT molecular complexity index is 279. The van der Waals surface area contributed by atoms with E-state index in [0.29, 0.717) is 11.5 Å². The average Bonchev–Trinajstić information content (AvgIpc) is 2.16. The Balaban J connectivity index is 2.98. The fourth-order valence-corrected chi connectivity index (χ4v) is 1.57. The van der Waals surface area contributed by atoms with Gasteiger partial charge in [-0.15, -0.1) is 0 Å². The molecule has 0 aromatic carbocycles. The maximum atomic E-state index is 7.70. The first-order valence-corrected chi connectivity index (χ1v) is 4.95. The maximum Gasteiger partial charge on any atom is 0.105 e. The Morgan fingerprint density at radius 1 is 1.62 bits per heavy atom. The van der Waals surface area contributed by atoms with Crippen LogP contribution in [0.4, 0.5) is 0 Å². The van der Waals surface area contributed by atoms with Crippen LogP contribution in [0.5, 0.6) is 0 Å². The van der Waals surface area contributed by atoms with Gasteiger partial charge >= 0.3 is 0 Å². The molecular formula is C10H15NOS. The Morgan fingerprint density at radius 2 is 2.31 bits per heavy atom. The van der Waals surface area contributed by atoms with E-state index in [0.717, 1.165) is 24.2 Å². The summed E-state index contributed by atoms with van der Waals surface area (Å²) in [5.74, 6) is 1.39. The summed E-state index contributed by atoms with van der Waals surface area (Å²) >= 11 is 4.09. The van der Waals surface area contributed by atoms with Gasteiger partial charge < -0.3 is 10.1 Å². The summed E-state index contributed by atoms with van der Waals surface area (Å²) in [4.78, 5) is 0. The van der Waals surface area contributed by atoms with Crippen LogP contribution in [0.25, 0.3) is 0 Å². The normalized spacial score (nSPS) is 17.0. The molecule has 13 heavy (non-hydrogen) atoms. The molecule has 0 aromatic rings. The van der Waals surface area contributed by atoms with Crippen LogP contribution in [-0.4, -0.2) is 18.6 Å². The summed E-state index contributed by atoms with van der Waals surface area (Å²) in [6, 6.07) is 0. The largest absolute Gasteiger partial charge is 0.500 e. The average molecular weight is 197 g/mol. The van der Waals surface area contributed by atoms with E-state index in [9.17, 15) is 0 Å². The molecule has 0 heterocycles. The van der Waals surface area contributed by atoms with Crippen LogP contribution >= 0.6 is 12.6 Å². The second-order valence-electron chi connectivity index (χ2n) is 3.17. The molecule has 0 aliphatic heterocycles. The van der Waals surface area contributed by atoms with Crippen molar-refractivity contribution in [1.29, 1.82) is 5.41 Å². The van der Waals surface area contributed by atoms with Crippen molar-refractivity contribution in [1.82, 2.24) is 0 Å². The van der Waals surface area contributed by atoms with E-state index in [4.69, 9.17) is 10.1 Å². The molecule has 1 aliphatic rings. The quantitative estimate of drug-likeness (QED) is 0.529. The van der Waals surface area contributed by atoms with Gasteiger partial charge in [0, 0.05) is 17.7 Å². The van der Waals surface area contributed by atoms with E-state index in [1.165, 1.54) is 5.57 Å². The summed E-state index contributed by atoms with van der Waals surface area (Å²) in [5.41, 5.74) is 2.77. The zero-order valence-electron chi connectivity index (χ0n) is 8.05. The maximum absolute atomic E-state index is 7.70. The van der Waals surface area contributed by atoms with Gasteiger partial charge in [-0.3, -0.25) is 0 Å². The van der Waals surface area contributed by atoms with Crippen molar-refractivity contribution >= 4 is 18.3 Å². The molecule has 72 valence electrons. The summed E-state index contributed by atoms with van der Waals surface area (Å²) < 4.78 is 5.24. The molecule has 0 aromatic heterocycles. The molecular weight excluding hydrogens is 182 g/mol. The van der Waals surface area contributed by atoms with E-state index in [1.54, 1.807) is 7.11 Å². The molecule has 0 bridgehead atoms. The molecule has 0 unspecified atom stereocenters. The van der Waals surface area contributed by atoms with Gasteiger partial charge in [0.15, 0.2) is 0 Å². The van der Waals surface area contributed by atoms with Crippen molar-refractivity contribution in [3.8, 4) is 0 Å². The number of hydrogen-bond acceptors (Lipinski definition) is 3. The highest BCUT2D eigenvalue weighted by Gasteiger charge is 2.14. The van der Waals surface area contributed by atoms with Gasteiger partial charge in [-0.25, -0.2) is 0 Å². The van der Waals surface area contributed by atoms with E-state index >= 15 is 0 Å². The summed E-state index contributed by atoms with van der Waals surface area (Å²) in [5, 5.41) is 7.70. The first kappa shape index (κ1) is 10.4. The summed E-state index contributed by atoms with van der Waals surface area (Å²) in [6.07, 6.45) is 3.97. The monoisotopic (exact) mass is 197 g/mol. The lowest BCUT2D eigenvalue weighted by Gasteiger charge is -2.17. The fraction of sp³-hybridized carbons (Fsp3) is 0.500. The highest BCUT2D eigenvalue weighted by molar-refractivity contribution is 7.81. The van der Waals surface area contributed by atoms with Crippen LogP contribution < -0.4 is 0 Å². The minimum Gasteiger partial charge on any atom is -0.500 e. The number of nitrogens with one attached hydrogen (secondary N) is 1. The molecule has 1 rings (SSSR count). The lowest BCUT2D eigenvalue weighted by Crippen LogP contribution is -2.09. The number of ether oxygens (including phenoxy) is 1. The van der Waals surface area contributed by atoms with Gasteiger partial charge in [-0.05, 0) is 13.3 Å². The second-order valence-corrected chi connectivity index (χ2v) is 3.48. The molecule has 3 heteroatoms. The standard InChI is InChI=1S/C10H15NOS/c1-7-3-4-10(12-2)8(5-7)9(11)6-13/h5,11,13H,3-4,6H2,1-2H3. The second kappa shape index (κ2) is 4.51. The first-order valence-electron chi connectivity index (χ1n) is 4.32. The number of thiol groups is 1. The third-order valence-electron chi connectivity index (χ3n) is 2.17. The Hall–Kier alpha value is -0.700. The van der Waals surface area contributed by atoms with Crippen LogP contribution in [0, 0.1) is 5.41 Å². The van der Waals surface area contributed by atoms with Crippen molar-refractivity contribution in [3.63, 3.8) is 0 Å². The minimum atomic E-state index is 0.464. The molecule has 0 amide bonds. The lowest BCUT2D eigenvalue weighted by molar-refractivity contribution is 0.273. The zero-order chi connectivity index (χ0) is 9.84. The van der Waals surface area contributed by atoms with Crippen molar-refractivity contribution in [2.24, 2.45) is 0 Å². The molecule has 1 N–H and O–H groups in total. The van der Waals surface area contributed by atoms with Crippen molar-refractivity contribution < 1.29 is 4.74 Å². The fourth-order valence-electron chi connectivity index (χ4n) is 1.40. The molecule has 0 fully saturated rings.